The van der Waals surface area contributed by atoms with E-state index in [0.717, 1.165) is 18.5 Å². The lowest BCUT2D eigenvalue weighted by Gasteiger charge is -2.20. The van der Waals surface area contributed by atoms with Crippen molar-refractivity contribution in [3.05, 3.63) is 60.7 Å². The van der Waals surface area contributed by atoms with E-state index < -0.39 is 6.03 Å². The van der Waals surface area contributed by atoms with Gasteiger partial charge in [-0.1, -0.05) is 36.4 Å². The van der Waals surface area contributed by atoms with E-state index in [1.807, 2.05) is 60.7 Å². The van der Waals surface area contributed by atoms with Gasteiger partial charge in [0.25, 0.3) is 0 Å². The van der Waals surface area contributed by atoms with E-state index in [4.69, 9.17) is 10.8 Å². The minimum absolute atomic E-state index is 0.489. The van der Waals surface area contributed by atoms with Crippen LogP contribution in [-0.4, -0.2) is 18.2 Å². The van der Waals surface area contributed by atoms with Crippen molar-refractivity contribution in [1.29, 1.82) is 0 Å². The second kappa shape index (κ2) is 7.09. The third kappa shape index (κ3) is 3.33. The first-order valence-electron chi connectivity index (χ1n) is 5.43. The molecule has 4 nitrogen and oxygen atoms in total. The molecule has 0 aromatic heterocycles. The van der Waals surface area contributed by atoms with Crippen molar-refractivity contribution in [3.63, 3.8) is 0 Å². The minimum atomic E-state index is -0.489. The Morgan fingerprint density at radius 1 is 0.889 bits per heavy atom. The van der Waals surface area contributed by atoms with E-state index in [2.05, 4.69) is 0 Å². The number of nitrogens with two attached hydrogens (primary N) is 1. The molecule has 0 saturated heterocycles. The molecule has 0 atom stereocenters. The van der Waals surface area contributed by atoms with Gasteiger partial charge in [0, 0.05) is 7.11 Å². The van der Waals surface area contributed by atoms with Crippen LogP contribution >= 0.6 is 0 Å². The number of primary amides is 1. The summed E-state index contributed by atoms with van der Waals surface area (Å²) >= 11 is 0. The fourth-order valence-corrected chi connectivity index (χ4v) is 1.56. The number of carbonyl (C=O) groups excluding carboxylic acids is 1. The zero-order chi connectivity index (χ0) is 13.4. The van der Waals surface area contributed by atoms with Crippen LogP contribution in [0.2, 0.25) is 0 Å². The fraction of sp³-hybridized carbons (Fsp3) is 0.0714. The standard InChI is InChI=1S/C13H12N2O.CH4O/c14-13(16)15(11-7-3-1-4-8-11)12-9-5-2-6-10-12;1-2/h1-10H,(H2,14,16);2H,1H3. The highest BCUT2D eigenvalue weighted by atomic mass is 16.2. The number of aliphatic hydroxyl groups excluding tert-OH is 1. The van der Waals surface area contributed by atoms with Gasteiger partial charge in [0.2, 0.25) is 0 Å². The molecule has 2 rings (SSSR count). The number of aliphatic hydroxyl groups is 1. The normalized spacial score (nSPS) is 9.00. The van der Waals surface area contributed by atoms with Crippen LogP contribution in [0.5, 0.6) is 0 Å². The molecule has 0 aliphatic heterocycles. The van der Waals surface area contributed by atoms with Gasteiger partial charge < -0.3 is 10.8 Å². The molecule has 0 spiro atoms. The van der Waals surface area contributed by atoms with Crippen molar-refractivity contribution < 1.29 is 9.90 Å². The first-order valence-corrected chi connectivity index (χ1v) is 5.43. The highest BCUT2D eigenvalue weighted by Crippen LogP contribution is 2.23. The summed E-state index contributed by atoms with van der Waals surface area (Å²) in [5.74, 6) is 0. The van der Waals surface area contributed by atoms with Crippen LogP contribution in [0.3, 0.4) is 0 Å². The van der Waals surface area contributed by atoms with Crippen molar-refractivity contribution in [2.75, 3.05) is 12.0 Å². The van der Waals surface area contributed by atoms with Crippen LogP contribution in [0.1, 0.15) is 0 Å². The Bertz CT molecular complexity index is 432. The molecule has 0 aliphatic rings. The lowest BCUT2D eigenvalue weighted by atomic mass is 10.2. The van der Waals surface area contributed by atoms with Gasteiger partial charge in [0.05, 0.1) is 11.4 Å². The highest BCUT2D eigenvalue weighted by Gasteiger charge is 2.13. The average Bonchev–Trinajstić information content (AvgIpc) is 2.43. The summed E-state index contributed by atoms with van der Waals surface area (Å²) in [6, 6.07) is 18.2. The number of nitrogens with zero attached hydrogens (tertiary/aromatic N) is 1. The van der Waals surface area contributed by atoms with Crippen LogP contribution < -0.4 is 10.6 Å². The predicted octanol–water partition coefficient (Wildman–Crippen LogP) is 2.51. The molecule has 0 fully saturated rings. The quantitative estimate of drug-likeness (QED) is 0.852. The molecule has 0 aliphatic carbocycles. The molecule has 2 amide bonds. The van der Waals surface area contributed by atoms with Crippen molar-refractivity contribution in [3.8, 4) is 0 Å². The van der Waals surface area contributed by atoms with Crippen molar-refractivity contribution in [2.24, 2.45) is 5.73 Å². The Hall–Kier alpha value is -2.33. The molecule has 2 aromatic rings. The summed E-state index contributed by atoms with van der Waals surface area (Å²) in [6.45, 7) is 0. The molecule has 0 heterocycles. The third-order valence-corrected chi connectivity index (χ3v) is 2.25. The van der Waals surface area contributed by atoms with Crippen LogP contribution in [-0.2, 0) is 0 Å². The molecule has 0 saturated carbocycles. The van der Waals surface area contributed by atoms with Gasteiger partial charge in [-0.15, -0.1) is 0 Å². The van der Waals surface area contributed by atoms with Gasteiger partial charge in [0.15, 0.2) is 0 Å². The van der Waals surface area contributed by atoms with Crippen LogP contribution in [0, 0.1) is 0 Å². The molecule has 0 unspecified atom stereocenters. The zero-order valence-electron chi connectivity index (χ0n) is 10.2. The monoisotopic (exact) mass is 244 g/mol. The molecule has 3 N–H and O–H groups in total. The second-order valence-electron chi connectivity index (χ2n) is 3.34. The number of benzene rings is 2. The van der Waals surface area contributed by atoms with Crippen molar-refractivity contribution >= 4 is 17.4 Å². The van der Waals surface area contributed by atoms with Gasteiger partial charge in [-0.2, -0.15) is 0 Å². The maximum absolute atomic E-state index is 11.4. The van der Waals surface area contributed by atoms with Crippen LogP contribution in [0.25, 0.3) is 0 Å². The number of anilines is 2. The van der Waals surface area contributed by atoms with E-state index in [1.54, 1.807) is 0 Å². The van der Waals surface area contributed by atoms with E-state index >= 15 is 0 Å². The summed E-state index contributed by atoms with van der Waals surface area (Å²) in [5.41, 5.74) is 6.92. The minimum Gasteiger partial charge on any atom is -0.400 e. The largest absolute Gasteiger partial charge is 0.400 e. The number of hydrogen-bond acceptors (Lipinski definition) is 2. The first kappa shape index (κ1) is 13.7. The molecule has 0 bridgehead atoms. The van der Waals surface area contributed by atoms with E-state index in [1.165, 1.54) is 4.90 Å². The third-order valence-electron chi connectivity index (χ3n) is 2.25. The van der Waals surface area contributed by atoms with Gasteiger partial charge in [0.1, 0.15) is 0 Å². The Kier molecular flexibility index (Phi) is 5.41. The molecule has 2 aromatic carbocycles. The summed E-state index contributed by atoms with van der Waals surface area (Å²) in [4.78, 5) is 12.9. The zero-order valence-corrected chi connectivity index (χ0v) is 10.2. The van der Waals surface area contributed by atoms with Crippen LogP contribution in [0.15, 0.2) is 60.7 Å². The number of urea groups is 1. The van der Waals surface area contributed by atoms with E-state index in [9.17, 15) is 4.79 Å². The Balaban J connectivity index is 0.000000771. The first-order chi connectivity index (χ1) is 8.79. The second-order valence-corrected chi connectivity index (χ2v) is 3.34. The van der Waals surface area contributed by atoms with Gasteiger partial charge in [-0.25, -0.2) is 4.79 Å². The Labute approximate surface area is 106 Å². The molecular formula is C14H16N2O2. The van der Waals surface area contributed by atoms with E-state index in [-0.39, 0.29) is 0 Å². The highest BCUT2D eigenvalue weighted by molar-refractivity contribution is 5.98. The van der Waals surface area contributed by atoms with Gasteiger partial charge >= 0.3 is 6.03 Å². The fourth-order valence-electron chi connectivity index (χ4n) is 1.56. The molecule has 0 radical (unpaired) electrons. The van der Waals surface area contributed by atoms with Crippen LogP contribution in [0.4, 0.5) is 16.2 Å². The van der Waals surface area contributed by atoms with Gasteiger partial charge in [-0.3, -0.25) is 4.90 Å². The maximum Gasteiger partial charge on any atom is 0.323 e. The maximum atomic E-state index is 11.4. The lowest BCUT2D eigenvalue weighted by Crippen LogP contribution is -2.31. The predicted molar refractivity (Wildman–Crippen MR) is 72.7 cm³/mol. The topological polar surface area (TPSA) is 66.6 Å². The molecular weight excluding hydrogens is 228 g/mol. The summed E-state index contributed by atoms with van der Waals surface area (Å²) in [5, 5.41) is 7.00. The molecule has 94 valence electrons. The van der Waals surface area contributed by atoms with Crippen molar-refractivity contribution in [2.45, 2.75) is 0 Å². The number of carbonyl (C=O) groups is 1. The van der Waals surface area contributed by atoms with Crippen molar-refractivity contribution in [1.82, 2.24) is 0 Å². The lowest BCUT2D eigenvalue weighted by molar-refractivity contribution is 0.256. The van der Waals surface area contributed by atoms with Gasteiger partial charge in [-0.05, 0) is 24.3 Å². The number of rotatable bonds is 2. The SMILES string of the molecule is CO.NC(=O)N(c1ccccc1)c1ccccc1. The number of para-hydroxylation sites is 2. The Morgan fingerprint density at radius 2 is 1.22 bits per heavy atom. The number of amides is 2. The Morgan fingerprint density at radius 3 is 1.50 bits per heavy atom. The summed E-state index contributed by atoms with van der Waals surface area (Å²) in [6.07, 6.45) is 0. The smallest absolute Gasteiger partial charge is 0.323 e. The summed E-state index contributed by atoms with van der Waals surface area (Å²) in [7, 11) is 1.00. The average molecular weight is 244 g/mol. The molecule has 18 heavy (non-hydrogen) atoms. The number of hydrogen-bond donors (Lipinski definition) is 2. The van der Waals surface area contributed by atoms with E-state index in [0.29, 0.717) is 0 Å². The summed E-state index contributed by atoms with van der Waals surface area (Å²) < 4.78 is 0. The molecule has 4 heteroatoms.